The first kappa shape index (κ1) is 20.5. The summed E-state index contributed by atoms with van der Waals surface area (Å²) in [5, 5.41) is 12.1. The summed E-state index contributed by atoms with van der Waals surface area (Å²) in [4.78, 5) is 38.1. The SMILES string of the molecule is CC[C@H](NC(=O)OC(C)(C)C)C(=O)N1c2ccc(OC)cc2CC1C(=O)O. The highest BCUT2D eigenvalue weighted by Crippen LogP contribution is 2.35. The zero-order valence-corrected chi connectivity index (χ0v) is 16.2. The lowest BCUT2D eigenvalue weighted by molar-refractivity contribution is -0.140. The number of hydrogen-bond acceptors (Lipinski definition) is 5. The minimum Gasteiger partial charge on any atom is -0.497 e. The van der Waals surface area contributed by atoms with Gasteiger partial charge in [0.1, 0.15) is 23.4 Å². The van der Waals surface area contributed by atoms with E-state index in [9.17, 15) is 19.5 Å². The van der Waals surface area contributed by atoms with Gasteiger partial charge >= 0.3 is 12.1 Å². The number of nitrogens with zero attached hydrogens (tertiary/aromatic N) is 1. The van der Waals surface area contributed by atoms with E-state index in [1.165, 1.54) is 12.0 Å². The Kier molecular flexibility index (Phi) is 5.98. The van der Waals surface area contributed by atoms with Crippen molar-refractivity contribution in [3.05, 3.63) is 23.8 Å². The topological polar surface area (TPSA) is 105 Å². The summed E-state index contributed by atoms with van der Waals surface area (Å²) in [5.41, 5.74) is 0.520. The summed E-state index contributed by atoms with van der Waals surface area (Å²) in [6.45, 7) is 6.90. The van der Waals surface area contributed by atoms with Gasteiger partial charge in [0.05, 0.1) is 7.11 Å². The quantitative estimate of drug-likeness (QED) is 0.815. The lowest BCUT2D eigenvalue weighted by atomic mass is 10.1. The van der Waals surface area contributed by atoms with Crippen molar-refractivity contribution < 1.29 is 29.0 Å². The van der Waals surface area contributed by atoms with Crippen LogP contribution in [0.5, 0.6) is 5.75 Å². The second kappa shape index (κ2) is 7.85. The van der Waals surface area contributed by atoms with Crippen LogP contribution in [-0.4, -0.2) is 47.9 Å². The van der Waals surface area contributed by atoms with Gasteiger partial charge in [0.25, 0.3) is 5.91 Å². The van der Waals surface area contributed by atoms with Crippen LogP contribution in [0.2, 0.25) is 0 Å². The normalized spacial score (nSPS) is 17.1. The maximum absolute atomic E-state index is 13.1. The molecule has 8 nitrogen and oxygen atoms in total. The van der Waals surface area contributed by atoms with E-state index < -0.39 is 35.7 Å². The number of anilines is 1. The Balaban J connectivity index is 2.28. The number of alkyl carbamates (subject to hydrolysis) is 1. The molecule has 8 heteroatoms. The average molecular weight is 378 g/mol. The summed E-state index contributed by atoms with van der Waals surface area (Å²) >= 11 is 0. The molecular weight excluding hydrogens is 352 g/mol. The highest BCUT2D eigenvalue weighted by molar-refractivity contribution is 6.05. The van der Waals surface area contributed by atoms with Crippen LogP contribution in [0.15, 0.2) is 18.2 Å². The molecule has 1 heterocycles. The van der Waals surface area contributed by atoms with E-state index >= 15 is 0 Å². The van der Waals surface area contributed by atoms with Gasteiger partial charge < -0.3 is 19.9 Å². The maximum Gasteiger partial charge on any atom is 0.408 e. The molecule has 2 amide bonds. The standard InChI is InChI=1S/C19H26N2O6/c1-6-13(20-18(25)27-19(2,3)4)16(22)21-14-8-7-12(26-5)9-11(14)10-15(21)17(23)24/h7-9,13,15H,6,10H2,1-5H3,(H,20,25)(H,23,24)/t13-,15?/m0/s1. The maximum atomic E-state index is 13.1. The lowest BCUT2D eigenvalue weighted by Crippen LogP contribution is -2.53. The van der Waals surface area contributed by atoms with Crippen molar-refractivity contribution in [2.45, 2.75) is 58.2 Å². The number of aliphatic carboxylic acids is 1. The number of methoxy groups -OCH3 is 1. The van der Waals surface area contributed by atoms with Crippen molar-refractivity contribution in [1.29, 1.82) is 0 Å². The fourth-order valence-electron chi connectivity index (χ4n) is 2.98. The van der Waals surface area contributed by atoms with E-state index in [1.54, 1.807) is 45.9 Å². The highest BCUT2D eigenvalue weighted by Gasteiger charge is 2.41. The Bertz CT molecular complexity index is 740. The molecule has 1 unspecified atom stereocenters. The number of carboxylic acid groups (broad SMARTS) is 1. The van der Waals surface area contributed by atoms with E-state index in [0.717, 1.165) is 0 Å². The molecule has 2 atom stereocenters. The molecule has 2 rings (SSSR count). The summed E-state index contributed by atoms with van der Waals surface area (Å²) < 4.78 is 10.4. The smallest absolute Gasteiger partial charge is 0.408 e. The van der Waals surface area contributed by atoms with Gasteiger partial charge in [-0.05, 0) is 51.0 Å². The van der Waals surface area contributed by atoms with E-state index in [0.29, 0.717) is 23.4 Å². The van der Waals surface area contributed by atoms with Crippen molar-refractivity contribution in [1.82, 2.24) is 5.32 Å². The number of ether oxygens (including phenoxy) is 2. The number of rotatable bonds is 5. The molecule has 2 N–H and O–H groups in total. The predicted octanol–water partition coefficient (Wildman–Crippen LogP) is 2.34. The molecular formula is C19H26N2O6. The van der Waals surface area contributed by atoms with E-state index in [4.69, 9.17) is 9.47 Å². The largest absolute Gasteiger partial charge is 0.497 e. The molecule has 0 radical (unpaired) electrons. The number of carbonyl (C=O) groups excluding carboxylic acids is 2. The Labute approximate surface area is 158 Å². The van der Waals surface area contributed by atoms with Crippen LogP contribution in [-0.2, 0) is 20.7 Å². The number of benzene rings is 1. The first-order valence-corrected chi connectivity index (χ1v) is 8.79. The van der Waals surface area contributed by atoms with Crippen molar-refractivity contribution in [3.63, 3.8) is 0 Å². The number of nitrogens with one attached hydrogen (secondary N) is 1. The van der Waals surface area contributed by atoms with Gasteiger partial charge in [0.15, 0.2) is 0 Å². The van der Waals surface area contributed by atoms with Gasteiger partial charge in [-0.15, -0.1) is 0 Å². The monoisotopic (exact) mass is 378 g/mol. The molecule has 1 aliphatic rings. The van der Waals surface area contributed by atoms with Gasteiger partial charge in [-0.3, -0.25) is 9.69 Å². The van der Waals surface area contributed by atoms with Crippen molar-refractivity contribution >= 4 is 23.7 Å². The van der Waals surface area contributed by atoms with Crippen LogP contribution in [0.25, 0.3) is 0 Å². The molecule has 0 aliphatic carbocycles. The molecule has 0 bridgehead atoms. The van der Waals surface area contributed by atoms with E-state index in [-0.39, 0.29) is 6.42 Å². The molecule has 0 aromatic heterocycles. The third-order valence-corrected chi connectivity index (χ3v) is 4.19. The third-order valence-electron chi connectivity index (χ3n) is 4.19. The number of carbonyl (C=O) groups is 3. The summed E-state index contributed by atoms with van der Waals surface area (Å²) in [6.07, 6.45) is -0.244. The third kappa shape index (κ3) is 4.69. The van der Waals surface area contributed by atoms with Crippen LogP contribution in [0, 0.1) is 0 Å². The average Bonchev–Trinajstić information content (AvgIpc) is 2.96. The summed E-state index contributed by atoms with van der Waals surface area (Å²) in [7, 11) is 1.52. The van der Waals surface area contributed by atoms with Crippen LogP contribution in [0.1, 0.15) is 39.7 Å². The van der Waals surface area contributed by atoms with Crippen molar-refractivity contribution in [2.75, 3.05) is 12.0 Å². The minimum absolute atomic E-state index is 0.177. The van der Waals surface area contributed by atoms with Gasteiger partial charge in [0, 0.05) is 12.1 Å². The number of fused-ring (bicyclic) bond motifs is 1. The van der Waals surface area contributed by atoms with Gasteiger partial charge in [-0.25, -0.2) is 9.59 Å². The highest BCUT2D eigenvalue weighted by atomic mass is 16.6. The number of amides is 2. The minimum atomic E-state index is -1.11. The zero-order chi connectivity index (χ0) is 20.4. The first-order chi connectivity index (χ1) is 12.6. The fraction of sp³-hybridized carbons (Fsp3) is 0.526. The summed E-state index contributed by atoms with van der Waals surface area (Å²) in [5.74, 6) is -1.00. The van der Waals surface area contributed by atoms with Gasteiger partial charge in [0.2, 0.25) is 0 Å². The molecule has 148 valence electrons. The molecule has 1 aliphatic heterocycles. The van der Waals surface area contributed by atoms with Crippen molar-refractivity contribution in [2.24, 2.45) is 0 Å². The van der Waals surface area contributed by atoms with E-state index in [1.807, 2.05) is 0 Å². The van der Waals surface area contributed by atoms with E-state index in [2.05, 4.69) is 5.32 Å². The predicted molar refractivity (Wildman–Crippen MR) is 99.1 cm³/mol. The Hall–Kier alpha value is -2.77. The fourth-order valence-corrected chi connectivity index (χ4v) is 2.98. The lowest BCUT2D eigenvalue weighted by Gasteiger charge is -2.28. The molecule has 0 saturated heterocycles. The first-order valence-electron chi connectivity index (χ1n) is 8.79. The number of carboxylic acids is 1. The van der Waals surface area contributed by atoms with Crippen molar-refractivity contribution in [3.8, 4) is 5.75 Å². The molecule has 0 fully saturated rings. The van der Waals surface area contributed by atoms with Crippen LogP contribution < -0.4 is 15.0 Å². The van der Waals surface area contributed by atoms with Gasteiger partial charge in [-0.2, -0.15) is 0 Å². The molecule has 1 aromatic rings. The van der Waals surface area contributed by atoms with Gasteiger partial charge in [-0.1, -0.05) is 6.92 Å². The summed E-state index contributed by atoms with van der Waals surface area (Å²) in [6, 6.07) is 3.13. The molecule has 0 saturated carbocycles. The molecule has 27 heavy (non-hydrogen) atoms. The Morgan fingerprint density at radius 1 is 1.33 bits per heavy atom. The molecule has 1 aromatic carbocycles. The number of hydrogen-bond donors (Lipinski definition) is 2. The van der Waals surface area contributed by atoms with Crippen LogP contribution >= 0.6 is 0 Å². The molecule has 0 spiro atoms. The Morgan fingerprint density at radius 2 is 2.00 bits per heavy atom. The Morgan fingerprint density at radius 3 is 2.52 bits per heavy atom. The second-order valence-corrected chi connectivity index (χ2v) is 7.37. The van der Waals surface area contributed by atoms with Crippen LogP contribution in [0.4, 0.5) is 10.5 Å². The zero-order valence-electron chi connectivity index (χ0n) is 16.2. The second-order valence-electron chi connectivity index (χ2n) is 7.37. The van der Waals surface area contributed by atoms with Crippen LogP contribution in [0.3, 0.4) is 0 Å².